The molecule has 100 valence electrons. The van der Waals surface area contributed by atoms with Gasteiger partial charge in [-0.3, -0.25) is 0 Å². The van der Waals surface area contributed by atoms with E-state index in [9.17, 15) is 0 Å². The Balaban J connectivity index is 2.56. The summed E-state index contributed by atoms with van der Waals surface area (Å²) in [4.78, 5) is 0. The Bertz CT molecular complexity index is 391. The summed E-state index contributed by atoms with van der Waals surface area (Å²) in [5.74, 6) is 1.47. The lowest BCUT2D eigenvalue weighted by Gasteiger charge is -2.12. The highest BCUT2D eigenvalue weighted by molar-refractivity contribution is 6.36. The van der Waals surface area contributed by atoms with Crippen LogP contribution in [-0.4, -0.2) is 13.2 Å². The summed E-state index contributed by atoms with van der Waals surface area (Å²) >= 11 is 11.3. The maximum absolute atomic E-state index is 5.80. The molecule has 0 amide bonds. The van der Waals surface area contributed by atoms with Gasteiger partial charge >= 0.3 is 0 Å². The minimum Gasteiger partial charge on any atom is -0.488 e. The second kappa shape index (κ2) is 8.41. The van der Waals surface area contributed by atoms with Gasteiger partial charge in [0.15, 0.2) is 0 Å². The molecule has 0 atom stereocenters. The molecule has 1 aromatic carbocycles. The lowest BCUT2D eigenvalue weighted by atomic mass is 10.2. The first-order valence-corrected chi connectivity index (χ1v) is 6.81. The highest BCUT2D eigenvalue weighted by Gasteiger charge is 2.03. The fourth-order valence-electron chi connectivity index (χ4n) is 1.46. The van der Waals surface area contributed by atoms with Crippen molar-refractivity contribution in [1.82, 2.24) is 5.32 Å². The summed E-state index contributed by atoms with van der Waals surface area (Å²) in [7, 11) is 0. The molecule has 0 aliphatic rings. The number of hydrogen-bond acceptors (Lipinski definition) is 2. The molecule has 0 heterocycles. The van der Waals surface area contributed by atoms with Crippen molar-refractivity contribution < 1.29 is 4.74 Å². The van der Waals surface area contributed by atoms with Gasteiger partial charge in [0.25, 0.3) is 0 Å². The molecule has 1 rings (SSSR count). The maximum atomic E-state index is 5.80. The summed E-state index contributed by atoms with van der Waals surface area (Å²) < 4.78 is 5.62. The van der Waals surface area contributed by atoms with Crippen LogP contribution in [0.25, 0.3) is 0 Å². The quantitative estimate of drug-likeness (QED) is 0.814. The fourth-order valence-corrected chi connectivity index (χ4v) is 1.58. The Morgan fingerprint density at radius 1 is 1.39 bits per heavy atom. The molecule has 1 N–H and O–H groups in total. The van der Waals surface area contributed by atoms with Crippen molar-refractivity contribution in [1.29, 1.82) is 0 Å². The molecule has 0 saturated carbocycles. The zero-order valence-electron chi connectivity index (χ0n) is 10.7. The lowest BCUT2D eigenvalue weighted by Crippen LogP contribution is -2.19. The van der Waals surface area contributed by atoms with Crippen LogP contribution < -0.4 is 10.1 Å². The lowest BCUT2D eigenvalue weighted by molar-refractivity contribution is 0.353. The molecule has 0 spiro atoms. The van der Waals surface area contributed by atoms with Crippen LogP contribution in [0.15, 0.2) is 34.8 Å². The van der Waals surface area contributed by atoms with E-state index in [-0.39, 0.29) is 0 Å². The van der Waals surface area contributed by atoms with E-state index in [0.717, 1.165) is 24.4 Å². The van der Waals surface area contributed by atoms with Gasteiger partial charge in [-0.2, -0.15) is 0 Å². The molecule has 2 nitrogen and oxygen atoms in total. The monoisotopic (exact) mass is 287 g/mol. The third-order valence-electron chi connectivity index (χ3n) is 2.32. The molecule has 0 saturated heterocycles. The van der Waals surface area contributed by atoms with Crippen molar-refractivity contribution >= 4 is 23.2 Å². The summed E-state index contributed by atoms with van der Waals surface area (Å²) in [6.45, 7) is 6.43. The molecule has 0 bridgehead atoms. The van der Waals surface area contributed by atoms with Crippen LogP contribution in [0, 0.1) is 5.92 Å². The second-order valence-electron chi connectivity index (χ2n) is 4.48. The maximum Gasteiger partial charge on any atom is 0.125 e. The SMILES string of the molecule is CC(C)CNCc1ccccc1OCC(Cl)=CCl. The van der Waals surface area contributed by atoms with Crippen LogP contribution in [-0.2, 0) is 6.54 Å². The predicted molar refractivity (Wildman–Crippen MR) is 78.3 cm³/mol. The number of para-hydroxylation sites is 1. The zero-order chi connectivity index (χ0) is 13.4. The predicted octanol–water partition coefficient (Wildman–Crippen LogP) is 4.13. The first kappa shape index (κ1) is 15.4. The largest absolute Gasteiger partial charge is 0.488 e. The standard InChI is InChI=1S/C14H19Cl2NO/c1-11(2)8-17-9-12-5-3-4-6-14(12)18-10-13(16)7-15/h3-7,11,17H,8-10H2,1-2H3. The van der Waals surface area contributed by atoms with E-state index in [4.69, 9.17) is 27.9 Å². The zero-order valence-corrected chi connectivity index (χ0v) is 12.3. The van der Waals surface area contributed by atoms with Gasteiger partial charge in [0.1, 0.15) is 12.4 Å². The Kier molecular flexibility index (Phi) is 7.18. The molecular formula is C14H19Cl2NO. The number of nitrogens with one attached hydrogen (secondary N) is 1. The van der Waals surface area contributed by atoms with Crippen LogP contribution in [0.1, 0.15) is 19.4 Å². The van der Waals surface area contributed by atoms with Gasteiger partial charge in [-0.25, -0.2) is 0 Å². The van der Waals surface area contributed by atoms with E-state index in [2.05, 4.69) is 19.2 Å². The normalized spacial score (nSPS) is 11.9. The van der Waals surface area contributed by atoms with Gasteiger partial charge < -0.3 is 10.1 Å². The van der Waals surface area contributed by atoms with Crippen molar-refractivity contribution in [2.45, 2.75) is 20.4 Å². The topological polar surface area (TPSA) is 21.3 Å². The number of ether oxygens (including phenoxy) is 1. The van der Waals surface area contributed by atoms with Gasteiger partial charge in [0, 0.05) is 17.6 Å². The molecule has 18 heavy (non-hydrogen) atoms. The Morgan fingerprint density at radius 3 is 2.78 bits per heavy atom. The van der Waals surface area contributed by atoms with Crippen molar-refractivity contribution in [2.75, 3.05) is 13.2 Å². The molecule has 0 aliphatic heterocycles. The molecule has 0 radical (unpaired) electrons. The third-order valence-corrected chi connectivity index (χ3v) is 2.92. The first-order valence-electron chi connectivity index (χ1n) is 5.99. The molecule has 1 aromatic rings. The number of halogens is 2. The van der Waals surface area contributed by atoms with Crippen molar-refractivity contribution in [2.24, 2.45) is 5.92 Å². The second-order valence-corrected chi connectivity index (χ2v) is 5.18. The number of rotatable bonds is 7. The number of benzene rings is 1. The van der Waals surface area contributed by atoms with Gasteiger partial charge in [0.2, 0.25) is 0 Å². The Morgan fingerprint density at radius 2 is 2.11 bits per heavy atom. The average molecular weight is 288 g/mol. The van der Waals surface area contributed by atoms with Crippen LogP contribution in [0.2, 0.25) is 0 Å². The van der Waals surface area contributed by atoms with Crippen LogP contribution in [0.5, 0.6) is 5.75 Å². The third kappa shape index (κ3) is 5.76. The van der Waals surface area contributed by atoms with Gasteiger partial charge in [-0.1, -0.05) is 55.2 Å². The molecule has 0 aromatic heterocycles. The van der Waals surface area contributed by atoms with Gasteiger partial charge in [0.05, 0.1) is 5.03 Å². The molecule has 0 aliphatic carbocycles. The van der Waals surface area contributed by atoms with Crippen molar-refractivity contribution in [3.8, 4) is 5.75 Å². The fraction of sp³-hybridized carbons (Fsp3) is 0.429. The average Bonchev–Trinajstić information content (AvgIpc) is 2.36. The van der Waals surface area contributed by atoms with Gasteiger partial charge in [-0.05, 0) is 18.5 Å². The summed E-state index contributed by atoms with van der Waals surface area (Å²) in [5, 5.41) is 3.88. The van der Waals surface area contributed by atoms with E-state index in [0.29, 0.717) is 17.6 Å². The van der Waals surface area contributed by atoms with Crippen LogP contribution in [0.4, 0.5) is 0 Å². The molecule has 0 unspecified atom stereocenters. The van der Waals surface area contributed by atoms with E-state index < -0.39 is 0 Å². The molecular weight excluding hydrogens is 269 g/mol. The van der Waals surface area contributed by atoms with E-state index in [1.165, 1.54) is 5.54 Å². The van der Waals surface area contributed by atoms with E-state index in [1.807, 2.05) is 24.3 Å². The van der Waals surface area contributed by atoms with Crippen LogP contribution >= 0.6 is 23.2 Å². The molecule has 4 heteroatoms. The van der Waals surface area contributed by atoms with Gasteiger partial charge in [-0.15, -0.1) is 0 Å². The smallest absolute Gasteiger partial charge is 0.125 e. The van der Waals surface area contributed by atoms with E-state index in [1.54, 1.807) is 0 Å². The number of hydrogen-bond donors (Lipinski definition) is 1. The van der Waals surface area contributed by atoms with E-state index >= 15 is 0 Å². The highest BCUT2D eigenvalue weighted by Crippen LogP contribution is 2.19. The highest BCUT2D eigenvalue weighted by atomic mass is 35.5. The summed E-state index contributed by atoms with van der Waals surface area (Å²) in [6, 6.07) is 7.92. The molecule has 0 fully saturated rings. The Labute approximate surface area is 119 Å². The minimum absolute atomic E-state index is 0.298. The van der Waals surface area contributed by atoms with Crippen molar-refractivity contribution in [3.05, 3.63) is 40.4 Å². The summed E-state index contributed by atoms with van der Waals surface area (Å²) in [5.41, 5.74) is 2.44. The minimum atomic E-state index is 0.298. The van der Waals surface area contributed by atoms with Crippen molar-refractivity contribution in [3.63, 3.8) is 0 Å². The first-order chi connectivity index (χ1) is 8.63. The Hall–Kier alpha value is -0.700. The summed E-state index contributed by atoms with van der Waals surface area (Å²) in [6.07, 6.45) is 0. The van der Waals surface area contributed by atoms with Crippen LogP contribution in [0.3, 0.4) is 0 Å².